The summed E-state index contributed by atoms with van der Waals surface area (Å²) in [5, 5.41) is 14.2. The number of carbonyl (C=O) groups excluding carboxylic acids is 2. The quantitative estimate of drug-likeness (QED) is 0.316. The molecule has 0 fully saturated rings. The van der Waals surface area contributed by atoms with Gasteiger partial charge in [0.25, 0.3) is 17.5 Å². The number of methoxy groups -OCH3 is 1. The number of hydrogen-bond donors (Lipinski definition) is 3. The predicted molar refractivity (Wildman–Crippen MR) is 115 cm³/mol. The zero-order valence-electron chi connectivity index (χ0n) is 17.9. The monoisotopic (exact) mass is 430 g/mol. The lowest BCUT2D eigenvalue weighted by molar-refractivity contribution is -0.384. The van der Waals surface area contributed by atoms with Gasteiger partial charge in [0.1, 0.15) is 11.4 Å². The number of anilines is 1. The van der Waals surface area contributed by atoms with Crippen LogP contribution in [0.15, 0.2) is 36.4 Å². The van der Waals surface area contributed by atoms with Gasteiger partial charge in [-0.3, -0.25) is 30.6 Å². The number of hydrazine groups is 1. The summed E-state index contributed by atoms with van der Waals surface area (Å²) in [4.78, 5) is 35.4. The van der Waals surface area contributed by atoms with Crippen molar-refractivity contribution in [2.75, 3.05) is 25.6 Å². The number of ether oxygens (including phenoxy) is 2. The lowest BCUT2D eigenvalue weighted by Gasteiger charge is -2.17. The molecule has 2 aromatic carbocycles. The topological polar surface area (TPSA) is 132 Å². The van der Waals surface area contributed by atoms with Crippen LogP contribution in [0.25, 0.3) is 0 Å². The second-order valence-electron chi connectivity index (χ2n) is 6.81. The zero-order chi connectivity index (χ0) is 23.0. The second kappa shape index (κ2) is 10.9. The van der Waals surface area contributed by atoms with Crippen molar-refractivity contribution in [1.82, 2.24) is 10.9 Å². The van der Waals surface area contributed by atoms with E-state index in [1.165, 1.54) is 19.2 Å². The van der Waals surface area contributed by atoms with Gasteiger partial charge < -0.3 is 14.8 Å². The van der Waals surface area contributed by atoms with Gasteiger partial charge in [-0.25, -0.2) is 0 Å². The van der Waals surface area contributed by atoms with E-state index < -0.39 is 22.8 Å². The summed E-state index contributed by atoms with van der Waals surface area (Å²) in [7, 11) is 1.52. The molecular weight excluding hydrogens is 404 g/mol. The van der Waals surface area contributed by atoms with Crippen molar-refractivity contribution in [3.8, 4) is 5.75 Å². The third kappa shape index (κ3) is 6.41. The number of carbonyl (C=O) groups is 2. The Morgan fingerprint density at radius 2 is 1.90 bits per heavy atom. The van der Waals surface area contributed by atoms with Gasteiger partial charge in [0.15, 0.2) is 6.10 Å². The van der Waals surface area contributed by atoms with Crippen molar-refractivity contribution in [1.29, 1.82) is 0 Å². The van der Waals surface area contributed by atoms with Crippen molar-refractivity contribution < 1.29 is 24.0 Å². The van der Waals surface area contributed by atoms with Crippen LogP contribution < -0.4 is 20.9 Å². The van der Waals surface area contributed by atoms with Gasteiger partial charge in [0, 0.05) is 25.3 Å². The van der Waals surface area contributed by atoms with E-state index in [-0.39, 0.29) is 16.9 Å². The van der Waals surface area contributed by atoms with Crippen molar-refractivity contribution >= 4 is 23.2 Å². The van der Waals surface area contributed by atoms with Gasteiger partial charge in [0.2, 0.25) is 0 Å². The van der Waals surface area contributed by atoms with Crippen LogP contribution >= 0.6 is 0 Å². The first-order chi connectivity index (χ1) is 14.7. The Labute approximate surface area is 180 Å². The van der Waals surface area contributed by atoms with Gasteiger partial charge in [-0.05, 0) is 50.1 Å². The van der Waals surface area contributed by atoms with Gasteiger partial charge >= 0.3 is 0 Å². The summed E-state index contributed by atoms with van der Waals surface area (Å²) >= 11 is 0. The van der Waals surface area contributed by atoms with Crippen LogP contribution in [0.2, 0.25) is 0 Å². The van der Waals surface area contributed by atoms with Gasteiger partial charge in [-0.15, -0.1) is 0 Å². The number of benzene rings is 2. The van der Waals surface area contributed by atoms with Crippen molar-refractivity contribution in [3.05, 3.63) is 63.2 Å². The van der Waals surface area contributed by atoms with Crippen LogP contribution in [0, 0.1) is 24.0 Å². The molecule has 0 radical (unpaired) electrons. The van der Waals surface area contributed by atoms with Crippen LogP contribution in [0.4, 0.5) is 11.4 Å². The fraction of sp³-hybridized carbons (Fsp3) is 0.333. The molecular formula is C21H26N4O6. The lowest BCUT2D eigenvalue weighted by atomic mass is 10.1. The van der Waals surface area contributed by atoms with Crippen LogP contribution in [-0.4, -0.2) is 43.1 Å². The average molecular weight is 430 g/mol. The number of nitro groups is 1. The first-order valence-electron chi connectivity index (χ1n) is 9.59. The van der Waals surface area contributed by atoms with Crippen LogP contribution in [-0.2, 0) is 9.53 Å². The smallest absolute Gasteiger partial charge is 0.293 e. The van der Waals surface area contributed by atoms with E-state index >= 15 is 0 Å². The Morgan fingerprint density at radius 1 is 1.16 bits per heavy atom. The number of nitrogens with one attached hydrogen (secondary N) is 3. The third-order valence-electron chi connectivity index (χ3n) is 4.61. The molecule has 10 heteroatoms. The largest absolute Gasteiger partial charge is 0.481 e. The summed E-state index contributed by atoms with van der Waals surface area (Å²) in [6.07, 6.45) is -0.873. The molecule has 31 heavy (non-hydrogen) atoms. The summed E-state index contributed by atoms with van der Waals surface area (Å²) < 4.78 is 10.6. The highest BCUT2D eigenvalue weighted by molar-refractivity contribution is 5.97. The lowest BCUT2D eigenvalue weighted by Crippen LogP contribution is -2.47. The summed E-state index contributed by atoms with van der Waals surface area (Å²) in [5.41, 5.74) is 6.49. The maximum atomic E-state index is 12.3. The Kier molecular flexibility index (Phi) is 8.33. The number of aryl methyl sites for hydroxylation is 1. The molecule has 1 unspecified atom stereocenters. The SMILES string of the molecule is COCCNc1ccc(C(=O)NNC(=O)C(C)Oc2cccc(C)c2C)cc1[N+](=O)[O-]. The molecule has 166 valence electrons. The van der Waals surface area contributed by atoms with E-state index in [4.69, 9.17) is 9.47 Å². The molecule has 0 saturated heterocycles. The molecule has 3 N–H and O–H groups in total. The standard InChI is InChI=1S/C21H26N4O6/c1-13-6-5-7-19(14(13)2)31-15(3)20(26)23-24-21(27)16-8-9-17(22-10-11-30-4)18(12-16)25(28)29/h5-9,12,15,22H,10-11H2,1-4H3,(H,23,26)(H,24,27). The molecule has 0 aliphatic heterocycles. The molecule has 10 nitrogen and oxygen atoms in total. The molecule has 0 saturated carbocycles. The number of nitrogens with zero attached hydrogens (tertiary/aromatic N) is 1. The van der Waals surface area contributed by atoms with E-state index in [0.29, 0.717) is 18.9 Å². The molecule has 0 heterocycles. The summed E-state index contributed by atoms with van der Waals surface area (Å²) in [6.45, 7) is 6.11. The van der Waals surface area contributed by atoms with Crippen LogP contribution in [0.1, 0.15) is 28.4 Å². The van der Waals surface area contributed by atoms with Crippen molar-refractivity contribution in [2.24, 2.45) is 0 Å². The Bertz CT molecular complexity index is 963. The highest BCUT2D eigenvalue weighted by Crippen LogP contribution is 2.25. The maximum absolute atomic E-state index is 12.3. The first-order valence-corrected chi connectivity index (χ1v) is 9.59. The number of rotatable bonds is 9. The molecule has 0 aliphatic rings. The molecule has 0 spiro atoms. The van der Waals surface area contributed by atoms with E-state index in [1.54, 1.807) is 13.0 Å². The molecule has 2 rings (SSSR count). The van der Waals surface area contributed by atoms with Gasteiger partial charge in [0.05, 0.1) is 11.5 Å². The Morgan fingerprint density at radius 3 is 2.58 bits per heavy atom. The molecule has 2 amide bonds. The van der Waals surface area contributed by atoms with E-state index in [2.05, 4.69) is 16.2 Å². The third-order valence-corrected chi connectivity index (χ3v) is 4.61. The fourth-order valence-corrected chi connectivity index (χ4v) is 2.65. The summed E-state index contributed by atoms with van der Waals surface area (Å²) in [6, 6.07) is 9.49. The van der Waals surface area contributed by atoms with E-state index in [1.807, 2.05) is 26.0 Å². The highest BCUT2D eigenvalue weighted by atomic mass is 16.6. The molecule has 0 aromatic heterocycles. The number of nitro benzene ring substituents is 1. The molecule has 0 bridgehead atoms. The minimum atomic E-state index is -0.873. The van der Waals surface area contributed by atoms with Crippen LogP contribution in [0.5, 0.6) is 5.75 Å². The predicted octanol–water partition coefficient (Wildman–Crippen LogP) is 2.50. The molecule has 1 atom stereocenters. The Balaban J connectivity index is 1.99. The second-order valence-corrected chi connectivity index (χ2v) is 6.81. The highest BCUT2D eigenvalue weighted by Gasteiger charge is 2.20. The maximum Gasteiger partial charge on any atom is 0.293 e. The number of hydrogen-bond acceptors (Lipinski definition) is 7. The Hall–Kier alpha value is -3.66. The van der Waals surface area contributed by atoms with Gasteiger partial charge in [-0.2, -0.15) is 0 Å². The van der Waals surface area contributed by atoms with Crippen molar-refractivity contribution in [2.45, 2.75) is 26.9 Å². The molecule has 0 aliphatic carbocycles. The van der Waals surface area contributed by atoms with Crippen LogP contribution in [0.3, 0.4) is 0 Å². The van der Waals surface area contributed by atoms with E-state index in [9.17, 15) is 19.7 Å². The minimum Gasteiger partial charge on any atom is -0.481 e. The molecule has 2 aromatic rings. The zero-order valence-corrected chi connectivity index (χ0v) is 17.9. The normalized spacial score (nSPS) is 11.4. The average Bonchev–Trinajstić information content (AvgIpc) is 2.75. The minimum absolute atomic E-state index is 0.0207. The summed E-state index contributed by atoms with van der Waals surface area (Å²) in [5.74, 6) is -0.693. The van der Waals surface area contributed by atoms with Gasteiger partial charge in [-0.1, -0.05) is 12.1 Å². The fourth-order valence-electron chi connectivity index (χ4n) is 2.65. The van der Waals surface area contributed by atoms with E-state index in [0.717, 1.165) is 17.2 Å². The number of amides is 2. The first kappa shape index (κ1) is 23.6. The van der Waals surface area contributed by atoms with Crippen molar-refractivity contribution in [3.63, 3.8) is 0 Å².